The van der Waals surface area contributed by atoms with Gasteiger partial charge in [-0.2, -0.15) is 10.1 Å². The molecule has 10 heteroatoms. The van der Waals surface area contributed by atoms with Crippen LogP contribution in [-0.4, -0.2) is 25.7 Å². The summed E-state index contributed by atoms with van der Waals surface area (Å²) in [4.78, 5) is 25.9. The number of benzene rings is 2. The third-order valence-corrected chi connectivity index (χ3v) is 5.58. The Bertz CT molecular complexity index is 1340. The SMILES string of the molecule is Cc1c(CONC(=O)c2ccccc2)ccc(Nc2ncc(Cl)c(-n3ccc(C(C)C)n3)n2)c1F. The van der Waals surface area contributed by atoms with Gasteiger partial charge in [0, 0.05) is 11.8 Å². The number of rotatable bonds is 8. The van der Waals surface area contributed by atoms with Crippen LogP contribution in [0.2, 0.25) is 5.02 Å². The predicted octanol–water partition coefficient (Wildman–Crippen LogP) is 5.49. The van der Waals surface area contributed by atoms with Crippen LogP contribution >= 0.6 is 11.6 Å². The molecule has 2 heterocycles. The van der Waals surface area contributed by atoms with Gasteiger partial charge < -0.3 is 5.32 Å². The molecule has 4 rings (SSSR count). The number of carbonyl (C=O) groups excluding carboxylic acids is 1. The molecule has 0 saturated heterocycles. The molecule has 2 aromatic carbocycles. The van der Waals surface area contributed by atoms with E-state index in [-0.39, 0.29) is 30.1 Å². The molecule has 0 aliphatic rings. The summed E-state index contributed by atoms with van der Waals surface area (Å²) in [5.74, 6) is -0.0614. The van der Waals surface area contributed by atoms with E-state index in [1.54, 1.807) is 54.2 Å². The van der Waals surface area contributed by atoms with Crippen molar-refractivity contribution in [2.24, 2.45) is 0 Å². The number of aromatic nitrogens is 4. The first kappa shape index (κ1) is 24.3. The Balaban J connectivity index is 1.45. The van der Waals surface area contributed by atoms with Gasteiger partial charge in [0.1, 0.15) is 17.4 Å². The Morgan fingerprint density at radius 3 is 2.66 bits per heavy atom. The minimum Gasteiger partial charge on any atom is -0.322 e. The summed E-state index contributed by atoms with van der Waals surface area (Å²) >= 11 is 6.28. The maximum atomic E-state index is 15.1. The van der Waals surface area contributed by atoms with Crippen LogP contribution in [0.15, 0.2) is 60.9 Å². The molecule has 0 aliphatic carbocycles. The normalized spacial score (nSPS) is 11.0. The van der Waals surface area contributed by atoms with Crippen LogP contribution in [0.5, 0.6) is 0 Å². The number of hydrogen-bond donors (Lipinski definition) is 2. The molecule has 2 N–H and O–H groups in total. The minimum atomic E-state index is -0.484. The summed E-state index contributed by atoms with van der Waals surface area (Å²) in [5.41, 5.74) is 4.87. The lowest BCUT2D eigenvalue weighted by atomic mass is 10.1. The molecule has 0 fully saturated rings. The molecule has 0 radical (unpaired) electrons. The van der Waals surface area contributed by atoms with E-state index in [0.29, 0.717) is 27.5 Å². The van der Waals surface area contributed by atoms with Crippen molar-refractivity contribution < 1.29 is 14.0 Å². The van der Waals surface area contributed by atoms with E-state index in [1.807, 2.05) is 26.0 Å². The number of anilines is 2. The Morgan fingerprint density at radius 2 is 1.94 bits per heavy atom. The van der Waals surface area contributed by atoms with Crippen LogP contribution in [0.4, 0.5) is 16.0 Å². The average Bonchev–Trinajstić information content (AvgIpc) is 3.35. The van der Waals surface area contributed by atoms with Crippen LogP contribution in [0.25, 0.3) is 5.82 Å². The molecule has 8 nitrogen and oxygen atoms in total. The first-order valence-corrected chi connectivity index (χ1v) is 11.3. The third kappa shape index (κ3) is 5.64. The van der Waals surface area contributed by atoms with Crippen molar-refractivity contribution in [2.45, 2.75) is 33.3 Å². The van der Waals surface area contributed by atoms with Crippen molar-refractivity contribution in [1.29, 1.82) is 0 Å². The quantitative estimate of drug-likeness (QED) is 0.314. The van der Waals surface area contributed by atoms with Crippen molar-refractivity contribution in [3.63, 3.8) is 0 Å². The first-order valence-electron chi connectivity index (χ1n) is 10.9. The van der Waals surface area contributed by atoms with E-state index in [9.17, 15) is 4.79 Å². The van der Waals surface area contributed by atoms with Gasteiger partial charge in [0.15, 0.2) is 5.82 Å². The summed E-state index contributed by atoms with van der Waals surface area (Å²) in [5, 5.41) is 7.70. The molecule has 0 atom stereocenters. The van der Waals surface area contributed by atoms with Crippen molar-refractivity contribution >= 4 is 29.1 Å². The maximum absolute atomic E-state index is 15.1. The van der Waals surface area contributed by atoms with E-state index >= 15 is 4.39 Å². The minimum absolute atomic E-state index is 0.000678. The number of halogens is 2. The Morgan fingerprint density at radius 1 is 1.17 bits per heavy atom. The van der Waals surface area contributed by atoms with Crippen molar-refractivity contribution in [3.05, 3.63) is 94.1 Å². The lowest BCUT2D eigenvalue weighted by molar-refractivity contribution is 0.0231. The van der Waals surface area contributed by atoms with Gasteiger partial charge in [-0.05, 0) is 48.2 Å². The van der Waals surface area contributed by atoms with E-state index in [0.717, 1.165) is 5.69 Å². The third-order valence-electron chi connectivity index (χ3n) is 5.32. The summed E-state index contributed by atoms with van der Waals surface area (Å²) < 4.78 is 16.7. The summed E-state index contributed by atoms with van der Waals surface area (Å²) in [7, 11) is 0. The molecule has 1 amide bonds. The molecule has 0 aliphatic heterocycles. The second-order valence-electron chi connectivity index (χ2n) is 8.13. The molecule has 2 aromatic heterocycles. The fraction of sp³-hybridized carbons (Fsp3) is 0.200. The number of nitrogens with one attached hydrogen (secondary N) is 2. The Hall–Kier alpha value is -3.82. The van der Waals surface area contributed by atoms with E-state index in [2.05, 4.69) is 25.9 Å². The van der Waals surface area contributed by atoms with Crippen molar-refractivity contribution in [1.82, 2.24) is 25.2 Å². The zero-order chi connectivity index (χ0) is 24.9. The number of hydrogen-bond acceptors (Lipinski definition) is 6. The van der Waals surface area contributed by atoms with Gasteiger partial charge >= 0.3 is 0 Å². The smallest absolute Gasteiger partial charge is 0.274 e. The zero-order valence-corrected chi connectivity index (χ0v) is 20.2. The highest BCUT2D eigenvalue weighted by Gasteiger charge is 2.15. The number of nitrogens with zero attached hydrogens (tertiary/aromatic N) is 4. The van der Waals surface area contributed by atoms with E-state index in [4.69, 9.17) is 16.4 Å². The van der Waals surface area contributed by atoms with Gasteiger partial charge in [-0.15, -0.1) is 0 Å². The number of hydroxylamine groups is 1. The van der Waals surface area contributed by atoms with Gasteiger partial charge in [-0.3, -0.25) is 9.63 Å². The fourth-order valence-corrected chi connectivity index (χ4v) is 3.45. The summed E-state index contributed by atoms with van der Waals surface area (Å²) in [6.07, 6.45) is 3.20. The monoisotopic (exact) mass is 494 g/mol. The van der Waals surface area contributed by atoms with E-state index in [1.165, 1.54) is 6.20 Å². The highest BCUT2D eigenvalue weighted by atomic mass is 35.5. The maximum Gasteiger partial charge on any atom is 0.274 e. The largest absolute Gasteiger partial charge is 0.322 e. The van der Waals surface area contributed by atoms with Crippen LogP contribution in [0.1, 0.15) is 46.9 Å². The summed E-state index contributed by atoms with van der Waals surface area (Å²) in [6.45, 7) is 5.71. The van der Waals surface area contributed by atoms with Gasteiger partial charge in [0.05, 0.1) is 17.6 Å². The highest BCUT2D eigenvalue weighted by Crippen LogP contribution is 2.26. The van der Waals surface area contributed by atoms with Crippen LogP contribution < -0.4 is 10.8 Å². The topological polar surface area (TPSA) is 94.0 Å². The number of amides is 1. The van der Waals surface area contributed by atoms with Crippen LogP contribution in [-0.2, 0) is 11.4 Å². The van der Waals surface area contributed by atoms with Crippen LogP contribution in [0.3, 0.4) is 0 Å². The van der Waals surface area contributed by atoms with E-state index < -0.39 is 5.82 Å². The van der Waals surface area contributed by atoms with Crippen molar-refractivity contribution in [3.8, 4) is 5.82 Å². The lowest BCUT2D eigenvalue weighted by Crippen LogP contribution is -2.23. The first-order chi connectivity index (χ1) is 16.8. The predicted molar refractivity (Wildman–Crippen MR) is 131 cm³/mol. The van der Waals surface area contributed by atoms with Crippen molar-refractivity contribution in [2.75, 3.05) is 5.32 Å². The molecule has 180 valence electrons. The lowest BCUT2D eigenvalue weighted by Gasteiger charge is -2.13. The molecule has 0 bridgehead atoms. The summed E-state index contributed by atoms with van der Waals surface area (Å²) in [6, 6.07) is 13.8. The molecular formula is C25H24ClFN6O2. The fourth-order valence-electron chi connectivity index (χ4n) is 3.27. The zero-order valence-electron chi connectivity index (χ0n) is 19.4. The number of carbonyl (C=O) groups is 1. The molecule has 35 heavy (non-hydrogen) atoms. The second-order valence-corrected chi connectivity index (χ2v) is 8.53. The highest BCUT2D eigenvalue weighted by molar-refractivity contribution is 6.32. The van der Waals surface area contributed by atoms with Gasteiger partial charge in [0.2, 0.25) is 5.95 Å². The molecule has 4 aromatic rings. The van der Waals surface area contributed by atoms with Crippen LogP contribution in [0, 0.1) is 12.7 Å². The molecular weight excluding hydrogens is 471 g/mol. The average molecular weight is 495 g/mol. The molecule has 0 saturated carbocycles. The Kier molecular flexibility index (Phi) is 7.38. The van der Waals surface area contributed by atoms with Gasteiger partial charge in [-0.25, -0.2) is 19.5 Å². The van der Waals surface area contributed by atoms with Gasteiger partial charge in [-0.1, -0.05) is 49.7 Å². The molecule has 0 spiro atoms. The molecule has 0 unspecified atom stereocenters. The van der Waals surface area contributed by atoms with Gasteiger partial charge in [0.25, 0.3) is 5.91 Å². The Labute approximate surface area is 207 Å². The second kappa shape index (κ2) is 10.6. The standard InChI is InChI=1S/C25H24ClFN6O2/c1-15(2)20-11-12-33(31-20)23-19(26)13-28-25(30-23)29-21-10-9-18(16(3)22(21)27)14-35-32-24(34)17-7-5-4-6-8-17/h4-13,15H,14H2,1-3H3,(H,32,34)(H,28,29,30).